The first-order chi connectivity index (χ1) is 12.2. The summed E-state index contributed by atoms with van der Waals surface area (Å²) in [6.45, 7) is 4.08. The average Bonchev–Trinajstić information content (AvgIpc) is 3.10. The Morgan fingerprint density at radius 2 is 1.88 bits per heavy atom. The molecule has 2 heterocycles. The SMILES string of the molecule is CN1CCN(c2cccc(C(=O)Nc3ccc4[nH]ccc4c3)c2)CC1. The Bertz CT molecular complexity index is 893. The van der Waals surface area contributed by atoms with Gasteiger partial charge in [0, 0.05) is 60.2 Å². The van der Waals surface area contributed by atoms with Crippen molar-refractivity contribution in [1.82, 2.24) is 9.88 Å². The van der Waals surface area contributed by atoms with Gasteiger partial charge in [-0.15, -0.1) is 0 Å². The number of carbonyl (C=O) groups excluding carboxylic acids is 1. The van der Waals surface area contributed by atoms with Crippen molar-refractivity contribution in [2.75, 3.05) is 43.4 Å². The number of fused-ring (bicyclic) bond motifs is 1. The summed E-state index contributed by atoms with van der Waals surface area (Å²) in [5.41, 5.74) is 3.67. The summed E-state index contributed by atoms with van der Waals surface area (Å²) < 4.78 is 0. The summed E-state index contributed by atoms with van der Waals surface area (Å²) in [7, 11) is 2.14. The number of hydrogen-bond donors (Lipinski definition) is 2. The molecule has 0 unspecified atom stereocenters. The number of likely N-dealkylation sites (N-methyl/N-ethyl adjacent to an activating group) is 1. The summed E-state index contributed by atoms with van der Waals surface area (Å²) >= 11 is 0. The summed E-state index contributed by atoms with van der Waals surface area (Å²) in [5, 5.41) is 4.08. The minimum atomic E-state index is -0.0779. The molecule has 0 atom stereocenters. The molecule has 1 amide bonds. The molecule has 0 spiro atoms. The van der Waals surface area contributed by atoms with Crippen molar-refractivity contribution in [2.45, 2.75) is 0 Å². The van der Waals surface area contributed by atoms with Crippen LogP contribution in [-0.4, -0.2) is 49.0 Å². The van der Waals surface area contributed by atoms with Crippen LogP contribution in [0.4, 0.5) is 11.4 Å². The van der Waals surface area contributed by atoms with Crippen molar-refractivity contribution >= 4 is 28.2 Å². The van der Waals surface area contributed by atoms with E-state index in [4.69, 9.17) is 0 Å². The molecule has 1 aliphatic heterocycles. The fourth-order valence-electron chi connectivity index (χ4n) is 3.24. The lowest BCUT2D eigenvalue weighted by molar-refractivity contribution is 0.102. The largest absolute Gasteiger partial charge is 0.369 e. The lowest BCUT2D eigenvalue weighted by atomic mass is 10.1. The zero-order chi connectivity index (χ0) is 17.2. The Balaban J connectivity index is 1.50. The van der Waals surface area contributed by atoms with E-state index < -0.39 is 0 Å². The Morgan fingerprint density at radius 3 is 2.72 bits per heavy atom. The van der Waals surface area contributed by atoms with Crippen LogP contribution in [0.2, 0.25) is 0 Å². The van der Waals surface area contributed by atoms with Gasteiger partial charge in [0.15, 0.2) is 0 Å². The smallest absolute Gasteiger partial charge is 0.255 e. The van der Waals surface area contributed by atoms with Gasteiger partial charge in [-0.05, 0) is 49.5 Å². The molecule has 1 aliphatic rings. The molecule has 2 N–H and O–H groups in total. The topological polar surface area (TPSA) is 51.4 Å². The Hall–Kier alpha value is -2.79. The Labute approximate surface area is 147 Å². The fraction of sp³-hybridized carbons (Fsp3) is 0.250. The maximum Gasteiger partial charge on any atom is 0.255 e. The standard InChI is InChI=1S/C20H22N4O/c1-23-9-11-24(12-10-23)18-4-2-3-16(14-18)20(25)22-17-5-6-19-15(13-17)7-8-21-19/h2-8,13-14,21H,9-12H2,1H3,(H,22,25). The monoisotopic (exact) mass is 334 g/mol. The number of nitrogens with zero attached hydrogens (tertiary/aromatic N) is 2. The molecule has 25 heavy (non-hydrogen) atoms. The predicted molar refractivity (Wildman–Crippen MR) is 102 cm³/mol. The molecule has 2 aromatic carbocycles. The second-order valence-corrected chi connectivity index (χ2v) is 6.57. The molecule has 5 heteroatoms. The number of hydrogen-bond acceptors (Lipinski definition) is 3. The average molecular weight is 334 g/mol. The number of nitrogens with one attached hydrogen (secondary N) is 2. The molecule has 0 radical (unpaired) electrons. The second kappa shape index (κ2) is 6.61. The van der Waals surface area contributed by atoms with E-state index >= 15 is 0 Å². The number of anilines is 2. The van der Waals surface area contributed by atoms with Crippen molar-refractivity contribution in [2.24, 2.45) is 0 Å². The van der Waals surface area contributed by atoms with E-state index in [0.29, 0.717) is 5.56 Å². The van der Waals surface area contributed by atoms with E-state index in [-0.39, 0.29) is 5.91 Å². The van der Waals surface area contributed by atoms with Gasteiger partial charge in [0.25, 0.3) is 5.91 Å². The summed E-state index contributed by atoms with van der Waals surface area (Å²) in [4.78, 5) is 20.4. The minimum Gasteiger partial charge on any atom is -0.369 e. The number of rotatable bonds is 3. The molecule has 4 rings (SSSR count). The van der Waals surface area contributed by atoms with Gasteiger partial charge >= 0.3 is 0 Å². The summed E-state index contributed by atoms with van der Waals surface area (Å²) in [5.74, 6) is -0.0779. The van der Waals surface area contributed by atoms with Gasteiger partial charge in [-0.25, -0.2) is 0 Å². The van der Waals surface area contributed by atoms with Crippen molar-refractivity contribution in [1.29, 1.82) is 0 Å². The highest BCUT2D eigenvalue weighted by molar-refractivity contribution is 6.05. The highest BCUT2D eigenvalue weighted by atomic mass is 16.1. The van der Waals surface area contributed by atoms with Crippen LogP contribution in [0.1, 0.15) is 10.4 Å². The van der Waals surface area contributed by atoms with Gasteiger partial charge in [-0.3, -0.25) is 4.79 Å². The number of piperazine rings is 1. The van der Waals surface area contributed by atoms with E-state index in [1.165, 1.54) is 0 Å². The Morgan fingerprint density at radius 1 is 1.04 bits per heavy atom. The van der Waals surface area contributed by atoms with Crippen molar-refractivity contribution in [3.05, 3.63) is 60.3 Å². The predicted octanol–water partition coefficient (Wildman–Crippen LogP) is 3.17. The molecular formula is C20H22N4O. The van der Waals surface area contributed by atoms with Crippen molar-refractivity contribution < 1.29 is 4.79 Å². The molecule has 0 bridgehead atoms. The van der Waals surface area contributed by atoms with Gasteiger partial charge in [0.05, 0.1) is 0 Å². The highest BCUT2D eigenvalue weighted by Crippen LogP contribution is 2.21. The van der Waals surface area contributed by atoms with Crippen LogP contribution >= 0.6 is 0 Å². The second-order valence-electron chi connectivity index (χ2n) is 6.57. The molecule has 0 aliphatic carbocycles. The third-order valence-electron chi connectivity index (χ3n) is 4.79. The number of aromatic amines is 1. The van der Waals surface area contributed by atoms with Crippen LogP contribution in [0.5, 0.6) is 0 Å². The van der Waals surface area contributed by atoms with Gasteiger partial charge in [-0.1, -0.05) is 6.07 Å². The number of aromatic nitrogens is 1. The van der Waals surface area contributed by atoms with E-state index in [1.54, 1.807) is 0 Å². The number of H-pyrrole nitrogens is 1. The zero-order valence-corrected chi connectivity index (χ0v) is 14.3. The third kappa shape index (κ3) is 3.37. The van der Waals surface area contributed by atoms with Crippen LogP contribution in [0.25, 0.3) is 10.9 Å². The highest BCUT2D eigenvalue weighted by Gasteiger charge is 2.15. The van der Waals surface area contributed by atoms with Crippen LogP contribution in [-0.2, 0) is 0 Å². The molecule has 5 nitrogen and oxygen atoms in total. The maximum absolute atomic E-state index is 12.6. The van der Waals surface area contributed by atoms with Crippen LogP contribution in [0.15, 0.2) is 54.7 Å². The molecule has 0 saturated carbocycles. The van der Waals surface area contributed by atoms with Crippen molar-refractivity contribution in [3.8, 4) is 0 Å². The maximum atomic E-state index is 12.6. The van der Waals surface area contributed by atoms with Crippen LogP contribution in [0.3, 0.4) is 0 Å². The van der Waals surface area contributed by atoms with E-state index in [2.05, 4.69) is 33.2 Å². The zero-order valence-electron chi connectivity index (χ0n) is 14.3. The summed E-state index contributed by atoms with van der Waals surface area (Å²) in [6.07, 6.45) is 1.90. The Kier molecular flexibility index (Phi) is 4.15. The third-order valence-corrected chi connectivity index (χ3v) is 4.79. The number of benzene rings is 2. The first-order valence-electron chi connectivity index (χ1n) is 8.61. The van der Waals surface area contributed by atoms with E-state index in [0.717, 1.165) is 48.5 Å². The van der Waals surface area contributed by atoms with Crippen LogP contribution < -0.4 is 10.2 Å². The lowest BCUT2D eigenvalue weighted by Gasteiger charge is -2.34. The van der Waals surface area contributed by atoms with Crippen LogP contribution in [0, 0.1) is 0 Å². The molecule has 1 aromatic heterocycles. The molecule has 3 aromatic rings. The first kappa shape index (κ1) is 15.7. The number of carbonyl (C=O) groups is 1. The van der Waals surface area contributed by atoms with Gasteiger partial charge < -0.3 is 20.1 Å². The first-order valence-corrected chi connectivity index (χ1v) is 8.61. The fourth-order valence-corrected chi connectivity index (χ4v) is 3.24. The lowest BCUT2D eigenvalue weighted by Crippen LogP contribution is -2.44. The van der Waals surface area contributed by atoms with Gasteiger partial charge in [-0.2, -0.15) is 0 Å². The normalized spacial score (nSPS) is 15.5. The quantitative estimate of drug-likeness (QED) is 0.773. The molecule has 1 saturated heterocycles. The van der Waals surface area contributed by atoms with Crippen molar-refractivity contribution in [3.63, 3.8) is 0 Å². The minimum absolute atomic E-state index is 0.0779. The number of amides is 1. The van der Waals surface area contributed by atoms with E-state index in [1.807, 2.05) is 48.7 Å². The van der Waals surface area contributed by atoms with Gasteiger partial charge in [0.1, 0.15) is 0 Å². The van der Waals surface area contributed by atoms with E-state index in [9.17, 15) is 4.79 Å². The molecule has 128 valence electrons. The summed E-state index contributed by atoms with van der Waals surface area (Å²) in [6, 6.07) is 15.8. The van der Waals surface area contributed by atoms with Gasteiger partial charge in [0.2, 0.25) is 0 Å². The molecular weight excluding hydrogens is 312 g/mol. The molecule has 1 fully saturated rings.